The Morgan fingerprint density at radius 2 is 1.69 bits per heavy atom. The number of rotatable bonds is 5. The molecule has 1 radical (unpaired) electrons. The molecule has 73 valence electrons. The van der Waals surface area contributed by atoms with Crippen LogP contribution < -0.4 is 5.11 Å². The molecule has 0 amide bonds. The Bertz CT molecular complexity index is 138. The van der Waals surface area contributed by atoms with Crippen molar-refractivity contribution in [2.45, 2.75) is 52.9 Å². The van der Waals surface area contributed by atoms with Crippen molar-refractivity contribution in [2.75, 3.05) is 0 Å². The van der Waals surface area contributed by atoms with E-state index in [1.54, 1.807) is 0 Å². The molecule has 0 rings (SSSR count). The second kappa shape index (κ2) is 7.78. The van der Waals surface area contributed by atoms with Gasteiger partial charge in [0.05, 0.1) is 0 Å². The molecule has 0 atom stereocenters. The van der Waals surface area contributed by atoms with Crippen molar-refractivity contribution < 1.29 is 37.6 Å². The number of carbonyl (C=O) groups is 1. The molecule has 0 aliphatic carbocycles. The molecule has 0 N–H and O–H groups in total. The summed E-state index contributed by atoms with van der Waals surface area (Å²) in [6, 6.07) is 0. The zero-order valence-corrected chi connectivity index (χ0v) is 14.6. The minimum atomic E-state index is -0.925. The first kappa shape index (κ1) is 15.9. The molecule has 0 unspecified atom stereocenters. The molecular weight excluding hydrogens is 353 g/mol. The maximum absolute atomic E-state index is 10.0. The number of hydrogen-bond acceptors (Lipinski definition) is 2. The number of aliphatic carboxylic acids is 1. The quantitative estimate of drug-likeness (QED) is 0.545. The first-order chi connectivity index (χ1) is 5.42. The summed E-state index contributed by atoms with van der Waals surface area (Å²) in [6.45, 7) is 6.60. The van der Waals surface area contributed by atoms with Gasteiger partial charge in [0, 0.05) is 5.97 Å². The molecule has 0 heterocycles. The van der Waals surface area contributed by atoms with E-state index in [2.05, 4.69) is 20.8 Å². The van der Waals surface area contributed by atoms with Gasteiger partial charge in [-0.3, -0.25) is 0 Å². The van der Waals surface area contributed by atoms with Crippen LogP contribution in [0.4, 0.5) is 0 Å². The minimum absolute atomic E-state index is 0. The van der Waals surface area contributed by atoms with Gasteiger partial charge < -0.3 is 9.90 Å². The van der Waals surface area contributed by atoms with E-state index in [9.17, 15) is 9.90 Å². The second-order valence-electron chi connectivity index (χ2n) is 4.49. The van der Waals surface area contributed by atoms with E-state index >= 15 is 0 Å². The fourth-order valence-electron chi connectivity index (χ4n) is 1.10. The fraction of sp³-hybridized carbons (Fsp3) is 0.900. The molecule has 0 saturated heterocycles. The molecule has 0 saturated carbocycles. The number of carboxylic acids is 1. The van der Waals surface area contributed by atoms with Crippen molar-refractivity contribution in [2.24, 2.45) is 5.41 Å². The summed E-state index contributed by atoms with van der Waals surface area (Å²) in [5.41, 5.74) is 0.376. The number of carbonyl (C=O) groups excluding carboxylic acids is 1. The van der Waals surface area contributed by atoms with E-state index < -0.39 is 5.97 Å². The van der Waals surface area contributed by atoms with Crippen molar-refractivity contribution in [1.82, 2.24) is 0 Å². The van der Waals surface area contributed by atoms with Crippen LogP contribution >= 0.6 is 0 Å². The van der Waals surface area contributed by atoms with Crippen LogP contribution in [0.2, 0.25) is 0 Å². The van der Waals surface area contributed by atoms with Crippen LogP contribution in [-0.4, -0.2) is 5.97 Å². The summed E-state index contributed by atoms with van der Waals surface area (Å²) in [6.07, 6.45) is 4.27. The second-order valence-corrected chi connectivity index (χ2v) is 4.49. The normalized spacial score (nSPS) is 10.7. The van der Waals surface area contributed by atoms with Crippen LogP contribution in [0.1, 0.15) is 52.9 Å². The smallest absolute Gasteiger partial charge is 0.550 e. The monoisotopic (exact) mass is 373 g/mol. The van der Waals surface area contributed by atoms with Gasteiger partial charge in [0.2, 0.25) is 0 Å². The molecule has 0 aromatic heterocycles. The predicted octanol–water partition coefficient (Wildman–Crippen LogP) is 1.73. The average Bonchev–Trinajstić information content (AvgIpc) is 1.83. The van der Waals surface area contributed by atoms with Gasteiger partial charge >= 0.3 is 27.7 Å². The Morgan fingerprint density at radius 1 is 1.15 bits per heavy atom. The van der Waals surface area contributed by atoms with Gasteiger partial charge in [0.1, 0.15) is 0 Å². The number of hydrogen-bond donors (Lipinski definition) is 0. The fourth-order valence-corrected chi connectivity index (χ4v) is 1.10. The van der Waals surface area contributed by atoms with Crippen LogP contribution in [-0.2, 0) is 32.5 Å². The summed E-state index contributed by atoms with van der Waals surface area (Å²) in [5.74, 6) is -0.925. The molecular formula is C10H19HgO2. The molecule has 2 nitrogen and oxygen atoms in total. The molecule has 0 spiro atoms. The van der Waals surface area contributed by atoms with Crippen molar-refractivity contribution in [3.63, 3.8) is 0 Å². The van der Waals surface area contributed by atoms with Gasteiger partial charge in [-0.05, 0) is 24.7 Å². The van der Waals surface area contributed by atoms with Crippen molar-refractivity contribution in [3.05, 3.63) is 0 Å². The van der Waals surface area contributed by atoms with E-state index in [1.165, 1.54) is 6.42 Å². The topological polar surface area (TPSA) is 40.1 Å². The molecule has 0 aliphatic heterocycles. The van der Waals surface area contributed by atoms with Crippen molar-refractivity contribution >= 4 is 5.97 Å². The molecule has 3 heteroatoms. The molecule has 0 bridgehead atoms. The maximum Gasteiger partial charge on any atom is 1.00 e. The third-order valence-corrected chi connectivity index (χ3v) is 1.81. The largest absolute Gasteiger partial charge is 1.00 e. The number of carboxylic acid groups (broad SMARTS) is 1. The summed E-state index contributed by atoms with van der Waals surface area (Å²) < 4.78 is 0. The summed E-state index contributed by atoms with van der Waals surface area (Å²) in [5, 5.41) is 10.0. The van der Waals surface area contributed by atoms with Gasteiger partial charge in [-0.15, -0.1) is 0 Å². The van der Waals surface area contributed by atoms with E-state index in [0.29, 0.717) is 5.41 Å². The van der Waals surface area contributed by atoms with E-state index in [-0.39, 0.29) is 34.1 Å². The van der Waals surface area contributed by atoms with Crippen LogP contribution in [0.3, 0.4) is 0 Å². The molecule has 0 fully saturated rings. The summed E-state index contributed by atoms with van der Waals surface area (Å²) in [7, 11) is 0. The van der Waals surface area contributed by atoms with Gasteiger partial charge in [0.15, 0.2) is 0 Å². The van der Waals surface area contributed by atoms with Crippen LogP contribution in [0, 0.1) is 5.41 Å². The van der Waals surface area contributed by atoms with Gasteiger partial charge in [-0.25, -0.2) is 0 Å². The van der Waals surface area contributed by atoms with E-state index in [0.717, 1.165) is 19.3 Å². The van der Waals surface area contributed by atoms with Gasteiger partial charge in [-0.2, -0.15) is 0 Å². The Balaban J connectivity index is 0. The molecule has 0 aromatic rings. The van der Waals surface area contributed by atoms with Crippen molar-refractivity contribution in [3.8, 4) is 0 Å². The SMILES string of the molecule is CC(C)(C)CCCCCC(=O)[O-].[Hg+]. The predicted molar refractivity (Wildman–Crippen MR) is 47.5 cm³/mol. The minimum Gasteiger partial charge on any atom is -0.550 e. The average molecular weight is 372 g/mol. The first-order valence-electron chi connectivity index (χ1n) is 4.62. The zero-order valence-electron chi connectivity index (χ0n) is 9.06. The zero-order chi connectivity index (χ0) is 9.61. The first-order valence-corrected chi connectivity index (χ1v) is 4.62. The Labute approximate surface area is 102 Å². The van der Waals surface area contributed by atoms with Crippen LogP contribution in [0.25, 0.3) is 0 Å². The molecule has 13 heavy (non-hydrogen) atoms. The third kappa shape index (κ3) is 15.2. The van der Waals surface area contributed by atoms with Crippen LogP contribution in [0.5, 0.6) is 0 Å². The standard InChI is InChI=1S/C10H20O2.Hg/c1-10(2,3)8-6-4-5-7-9(11)12;/h4-8H2,1-3H3,(H,11,12);/q;+1/p-1. The van der Waals surface area contributed by atoms with Gasteiger partial charge in [-0.1, -0.05) is 33.6 Å². The van der Waals surface area contributed by atoms with Crippen molar-refractivity contribution in [1.29, 1.82) is 0 Å². The maximum atomic E-state index is 10.0. The third-order valence-electron chi connectivity index (χ3n) is 1.81. The molecule has 0 aliphatic rings. The number of unbranched alkanes of at least 4 members (excludes halogenated alkanes) is 2. The van der Waals surface area contributed by atoms with E-state index in [1.807, 2.05) is 0 Å². The summed E-state index contributed by atoms with van der Waals surface area (Å²) in [4.78, 5) is 10.0. The van der Waals surface area contributed by atoms with Crippen LogP contribution in [0.15, 0.2) is 0 Å². The summed E-state index contributed by atoms with van der Waals surface area (Å²) >= 11 is 0. The van der Waals surface area contributed by atoms with Gasteiger partial charge in [0.25, 0.3) is 0 Å². The van der Waals surface area contributed by atoms with E-state index in [4.69, 9.17) is 0 Å². The Morgan fingerprint density at radius 3 is 2.08 bits per heavy atom. The Hall–Kier alpha value is 0.405. The Kier molecular flexibility index (Phi) is 9.49. The molecule has 0 aromatic carbocycles.